The molecule has 6 heteroatoms. The first-order chi connectivity index (χ1) is 17.1. The summed E-state index contributed by atoms with van der Waals surface area (Å²) in [6.07, 6.45) is 4.80. The number of rotatable bonds is 7. The van der Waals surface area contributed by atoms with Crippen molar-refractivity contribution in [1.82, 2.24) is 0 Å². The first-order valence-electron chi connectivity index (χ1n) is 12.6. The van der Waals surface area contributed by atoms with Gasteiger partial charge in [-0.05, 0) is 96.2 Å². The Morgan fingerprint density at radius 2 is 1.86 bits per heavy atom. The standard InChI is InChI=1S/C30H35ClN2O2S/c1-19(2)18-35-24-13-6-20(7-14-24)17-32-29-27(28(34)33-23-11-9-22(31)10-12-23)25-15-8-21(30(3,4)5)16-26(25)36-29/h6-7,9-14,17,19,21H,8,15-16,18H2,1-5H3,(H,33,34)/t21-/m1/s1. The molecule has 0 aliphatic heterocycles. The van der Waals surface area contributed by atoms with Crippen LogP contribution in [-0.2, 0) is 12.8 Å². The third-order valence-corrected chi connectivity index (χ3v) is 8.01. The van der Waals surface area contributed by atoms with E-state index >= 15 is 0 Å². The Labute approximate surface area is 223 Å². The molecule has 0 saturated carbocycles. The van der Waals surface area contributed by atoms with E-state index in [4.69, 9.17) is 21.3 Å². The van der Waals surface area contributed by atoms with E-state index in [1.165, 1.54) is 4.88 Å². The van der Waals surface area contributed by atoms with Crippen molar-refractivity contribution in [2.24, 2.45) is 22.2 Å². The number of benzene rings is 2. The van der Waals surface area contributed by atoms with Crippen LogP contribution in [-0.4, -0.2) is 18.7 Å². The van der Waals surface area contributed by atoms with Crippen LogP contribution in [0.15, 0.2) is 53.5 Å². The van der Waals surface area contributed by atoms with Crippen LogP contribution >= 0.6 is 22.9 Å². The Morgan fingerprint density at radius 1 is 1.17 bits per heavy atom. The molecule has 0 saturated heterocycles. The van der Waals surface area contributed by atoms with Crippen LogP contribution in [0.3, 0.4) is 0 Å². The number of nitrogens with one attached hydrogen (secondary N) is 1. The molecule has 0 fully saturated rings. The number of aliphatic imine (C=N–C) groups is 1. The molecule has 0 bridgehead atoms. The molecular weight excluding hydrogens is 488 g/mol. The van der Waals surface area contributed by atoms with Gasteiger partial charge in [0.25, 0.3) is 5.91 Å². The number of hydrogen-bond acceptors (Lipinski definition) is 4. The van der Waals surface area contributed by atoms with Crippen molar-refractivity contribution in [2.75, 3.05) is 11.9 Å². The minimum Gasteiger partial charge on any atom is -0.493 e. The number of halogens is 1. The number of fused-ring (bicyclic) bond motifs is 1. The molecule has 1 aliphatic carbocycles. The SMILES string of the molecule is CC(C)COc1ccc(C=Nc2sc3c(c2C(=O)Nc2ccc(Cl)cc2)CC[C@@H](C(C)(C)C)C3)cc1. The predicted octanol–water partition coefficient (Wildman–Crippen LogP) is 8.59. The van der Waals surface area contributed by atoms with Crippen LogP contribution < -0.4 is 10.1 Å². The van der Waals surface area contributed by atoms with Gasteiger partial charge in [-0.2, -0.15) is 0 Å². The maximum absolute atomic E-state index is 13.5. The zero-order chi connectivity index (χ0) is 25.9. The molecule has 3 aromatic rings. The van der Waals surface area contributed by atoms with Gasteiger partial charge in [0.1, 0.15) is 10.8 Å². The normalized spacial score (nSPS) is 15.8. The van der Waals surface area contributed by atoms with Gasteiger partial charge in [-0.3, -0.25) is 4.79 Å². The molecule has 1 aromatic heterocycles. The Kier molecular flexibility index (Phi) is 8.21. The van der Waals surface area contributed by atoms with Gasteiger partial charge in [0.05, 0.1) is 12.2 Å². The van der Waals surface area contributed by atoms with E-state index < -0.39 is 0 Å². The van der Waals surface area contributed by atoms with Crippen molar-refractivity contribution >= 4 is 45.7 Å². The lowest BCUT2D eigenvalue weighted by molar-refractivity contribution is 0.102. The number of anilines is 1. The first kappa shape index (κ1) is 26.4. The lowest BCUT2D eigenvalue weighted by Gasteiger charge is -2.33. The third-order valence-electron chi connectivity index (χ3n) is 6.59. The summed E-state index contributed by atoms with van der Waals surface area (Å²) in [7, 11) is 0. The topological polar surface area (TPSA) is 50.7 Å². The molecule has 36 heavy (non-hydrogen) atoms. The van der Waals surface area contributed by atoms with Gasteiger partial charge in [0.2, 0.25) is 0 Å². The summed E-state index contributed by atoms with van der Waals surface area (Å²) >= 11 is 7.67. The number of ether oxygens (including phenoxy) is 1. The van der Waals surface area contributed by atoms with Crippen LogP contribution in [0, 0.1) is 17.3 Å². The average molecular weight is 523 g/mol. The molecule has 1 aliphatic rings. The second-order valence-electron chi connectivity index (χ2n) is 11.0. The van der Waals surface area contributed by atoms with Crippen LogP contribution in [0.25, 0.3) is 0 Å². The van der Waals surface area contributed by atoms with E-state index in [1.807, 2.05) is 42.6 Å². The summed E-state index contributed by atoms with van der Waals surface area (Å²) < 4.78 is 5.79. The van der Waals surface area contributed by atoms with Gasteiger partial charge in [-0.1, -0.05) is 46.2 Å². The molecule has 4 rings (SSSR count). The largest absolute Gasteiger partial charge is 0.493 e. The highest BCUT2D eigenvalue weighted by molar-refractivity contribution is 7.16. The highest BCUT2D eigenvalue weighted by atomic mass is 35.5. The molecule has 0 unspecified atom stereocenters. The Morgan fingerprint density at radius 3 is 2.50 bits per heavy atom. The monoisotopic (exact) mass is 522 g/mol. The fourth-order valence-electron chi connectivity index (χ4n) is 4.41. The second kappa shape index (κ2) is 11.2. The van der Waals surface area contributed by atoms with Gasteiger partial charge in [-0.15, -0.1) is 11.3 Å². The van der Waals surface area contributed by atoms with Gasteiger partial charge in [-0.25, -0.2) is 4.99 Å². The van der Waals surface area contributed by atoms with Crippen molar-refractivity contribution in [1.29, 1.82) is 0 Å². The average Bonchev–Trinajstić information content (AvgIpc) is 3.20. The van der Waals surface area contributed by atoms with Crippen LogP contribution in [0.4, 0.5) is 10.7 Å². The van der Waals surface area contributed by atoms with Crippen molar-refractivity contribution < 1.29 is 9.53 Å². The Hall–Kier alpha value is -2.63. The molecule has 2 aromatic carbocycles. The van der Waals surface area contributed by atoms with Gasteiger partial charge < -0.3 is 10.1 Å². The third kappa shape index (κ3) is 6.57. The molecule has 4 nitrogen and oxygen atoms in total. The summed E-state index contributed by atoms with van der Waals surface area (Å²) in [4.78, 5) is 19.6. The summed E-state index contributed by atoms with van der Waals surface area (Å²) in [5.74, 6) is 1.80. The molecule has 0 spiro atoms. The highest BCUT2D eigenvalue weighted by Gasteiger charge is 2.33. The van der Waals surface area contributed by atoms with Crippen molar-refractivity contribution in [3.63, 3.8) is 0 Å². The second-order valence-corrected chi connectivity index (χ2v) is 12.5. The minimum atomic E-state index is -0.117. The quantitative estimate of drug-likeness (QED) is 0.316. The van der Waals surface area contributed by atoms with Gasteiger partial charge >= 0.3 is 0 Å². The first-order valence-corrected chi connectivity index (χ1v) is 13.8. The van der Waals surface area contributed by atoms with Crippen molar-refractivity contribution in [3.05, 3.63) is 75.1 Å². The van der Waals surface area contributed by atoms with Crippen LogP contribution in [0.5, 0.6) is 5.75 Å². The molecular formula is C30H35ClN2O2S. The van der Waals surface area contributed by atoms with E-state index in [9.17, 15) is 4.79 Å². The molecule has 1 heterocycles. The Bertz CT molecular complexity index is 1220. The summed E-state index contributed by atoms with van der Waals surface area (Å²) in [6.45, 7) is 11.9. The summed E-state index contributed by atoms with van der Waals surface area (Å²) in [5.41, 5.74) is 3.77. The van der Waals surface area contributed by atoms with E-state index in [1.54, 1.807) is 23.5 Å². The summed E-state index contributed by atoms with van der Waals surface area (Å²) in [5, 5.41) is 4.45. The molecule has 1 atom stereocenters. The molecule has 1 amide bonds. The van der Waals surface area contributed by atoms with E-state index in [2.05, 4.69) is 39.9 Å². The lowest BCUT2D eigenvalue weighted by Crippen LogP contribution is -2.27. The Balaban J connectivity index is 1.61. The number of nitrogens with zero attached hydrogens (tertiary/aromatic N) is 1. The van der Waals surface area contributed by atoms with Gasteiger partial charge in [0, 0.05) is 21.8 Å². The maximum atomic E-state index is 13.5. The maximum Gasteiger partial charge on any atom is 0.259 e. The van der Waals surface area contributed by atoms with E-state index in [-0.39, 0.29) is 11.3 Å². The summed E-state index contributed by atoms with van der Waals surface area (Å²) in [6, 6.07) is 15.1. The van der Waals surface area contributed by atoms with Crippen LogP contribution in [0.2, 0.25) is 5.02 Å². The number of hydrogen-bond donors (Lipinski definition) is 1. The number of carbonyl (C=O) groups excluding carboxylic acids is 1. The minimum absolute atomic E-state index is 0.117. The smallest absolute Gasteiger partial charge is 0.259 e. The fourth-order valence-corrected chi connectivity index (χ4v) is 5.80. The zero-order valence-corrected chi connectivity index (χ0v) is 23.3. The zero-order valence-electron chi connectivity index (χ0n) is 21.7. The molecule has 1 N–H and O–H groups in total. The fraction of sp³-hybridized carbons (Fsp3) is 0.400. The molecule has 190 valence electrons. The van der Waals surface area contributed by atoms with Crippen molar-refractivity contribution in [3.8, 4) is 5.75 Å². The highest BCUT2D eigenvalue weighted by Crippen LogP contribution is 2.45. The number of carbonyl (C=O) groups is 1. The van der Waals surface area contributed by atoms with Gasteiger partial charge in [0.15, 0.2) is 0 Å². The van der Waals surface area contributed by atoms with Crippen molar-refractivity contribution in [2.45, 2.75) is 53.9 Å². The van der Waals surface area contributed by atoms with Crippen LogP contribution in [0.1, 0.15) is 67.4 Å². The lowest BCUT2D eigenvalue weighted by atomic mass is 9.72. The predicted molar refractivity (Wildman–Crippen MR) is 153 cm³/mol. The number of thiophene rings is 1. The van der Waals surface area contributed by atoms with E-state index in [0.717, 1.165) is 46.8 Å². The van der Waals surface area contributed by atoms with E-state index in [0.29, 0.717) is 29.0 Å². The number of amides is 1. The molecule has 0 radical (unpaired) electrons.